The van der Waals surface area contributed by atoms with Gasteiger partial charge in [-0.3, -0.25) is 0 Å². The van der Waals surface area contributed by atoms with E-state index in [0.29, 0.717) is 18.1 Å². The monoisotopic (exact) mass is 467 g/mol. The second kappa shape index (κ2) is 8.93. The number of hydrogen-bond donors (Lipinski definition) is 2. The van der Waals surface area contributed by atoms with Crippen LogP contribution in [0.1, 0.15) is 38.3 Å². The molecule has 2 aromatic carbocycles. The molecule has 0 saturated carbocycles. The Labute approximate surface area is 197 Å². The van der Waals surface area contributed by atoms with E-state index in [-0.39, 0.29) is 24.1 Å². The highest BCUT2D eigenvalue weighted by Gasteiger charge is 2.44. The molecule has 0 radical (unpaired) electrons. The first-order chi connectivity index (χ1) is 16.1. The normalized spacial score (nSPS) is 19.7. The number of carboxylic acid groups (broad SMARTS) is 1. The van der Waals surface area contributed by atoms with Gasteiger partial charge in [-0.1, -0.05) is 24.3 Å². The van der Waals surface area contributed by atoms with Gasteiger partial charge in [0.2, 0.25) is 5.96 Å². The molecule has 2 N–H and O–H groups in total. The maximum absolute atomic E-state index is 14.3. The molecule has 1 atom stereocenters. The van der Waals surface area contributed by atoms with Gasteiger partial charge in [0, 0.05) is 35.9 Å². The van der Waals surface area contributed by atoms with Crippen molar-refractivity contribution in [2.45, 2.75) is 45.2 Å². The number of carbonyl (C=O) groups is 1. The highest BCUT2D eigenvalue weighted by molar-refractivity contribution is 5.98. The molecule has 8 heteroatoms. The topological polar surface area (TPSA) is 74.2 Å². The van der Waals surface area contributed by atoms with Crippen molar-refractivity contribution in [2.24, 2.45) is 4.99 Å². The molecule has 1 aliphatic heterocycles. The first-order valence-electron chi connectivity index (χ1n) is 11.1. The number of anilines is 1. The average Bonchev–Trinajstić information content (AvgIpc) is 3.05. The third kappa shape index (κ3) is 4.66. The Kier molecular flexibility index (Phi) is 6.17. The van der Waals surface area contributed by atoms with Crippen LogP contribution < -0.4 is 10.1 Å². The number of halogens is 2. The fourth-order valence-electron chi connectivity index (χ4n) is 4.35. The number of nitrogens with one attached hydrogen (secondary N) is 1. The van der Waals surface area contributed by atoms with E-state index in [4.69, 9.17) is 9.73 Å². The maximum Gasteiger partial charge on any atom is 0.331 e. The summed E-state index contributed by atoms with van der Waals surface area (Å²) in [5.41, 5.74) is 1.32. The Morgan fingerprint density at radius 1 is 1.21 bits per heavy atom. The summed E-state index contributed by atoms with van der Waals surface area (Å²) in [7, 11) is 0. The molecule has 1 aliphatic carbocycles. The van der Waals surface area contributed by atoms with Gasteiger partial charge in [0.25, 0.3) is 5.92 Å². The van der Waals surface area contributed by atoms with Crippen molar-refractivity contribution in [1.29, 1.82) is 0 Å². The number of allylic oxidation sites excluding steroid dienone is 2. The number of aliphatic carboxylic acids is 1. The molecule has 6 nitrogen and oxygen atoms in total. The van der Waals surface area contributed by atoms with Gasteiger partial charge in [-0.05, 0) is 55.8 Å². The summed E-state index contributed by atoms with van der Waals surface area (Å²) in [4.78, 5) is 18.3. The second-order valence-corrected chi connectivity index (χ2v) is 8.65. The van der Waals surface area contributed by atoms with Gasteiger partial charge < -0.3 is 20.1 Å². The highest BCUT2D eigenvalue weighted by Crippen LogP contribution is 2.42. The number of benzene rings is 2. The van der Waals surface area contributed by atoms with Gasteiger partial charge in [-0.2, -0.15) is 0 Å². The van der Waals surface area contributed by atoms with E-state index in [9.17, 15) is 18.7 Å². The summed E-state index contributed by atoms with van der Waals surface area (Å²) < 4.78 is 34.1. The molecule has 0 bridgehead atoms. The Morgan fingerprint density at radius 2 is 1.91 bits per heavy atom. The zero-order valence-corrected chi connectivity index (χ0v) is 19.3. The highest BCUT2D eigenvalue weighted by atomic mass is 19.3. The Hall–Kier alpha value is -3.68. The molecule has 1 heterocycles. The molecule has 2 aromatic rings. The largest absolute Gasteiger partial charge is 0.494 e. The predicted octanol–water partition coefficient (Wildman–Crippen LogP) is 5.54. The summed E-state index contributed by atoms with van der Waals surface area (Å²) in [5.74, 6) is -2.80. The van der Waals surface area contributed by atoms with Crippen molar-refractivity contribution < 1.29 is 23.4 Å². The van der Waals surface area contributed by atoms with Crippen molar-refractivity contribution in [3.63, 3.8) is 0 Å². The van der Waals surface area contributed by atoms with Crippen LogP contribution in [0.15, 0.2) is 76.9 Å². The number of carboxylic acids is 1. The van der Waals surface area contributed by atoms with Crippen molar-refractivity contribution in [3.05, 3.63) is 83.1 Å². The van der Waals surface area contributed by atoms with Crippen LogP contribution in [-0.2, 0) is 17.3 Å². The molecule has 2 aliphatic rings. The maximum atomic E-state index is 14.3. The summed E-state index contributed by atoms with van der Waals surface area (Å²) >= 11 is 0. The molecule has 1 unspecified atom stereocenters. The molecule has 0 aromatic heterocycles. The third-order valence-corrected chi connectivity index (χ3v) is 5.94. The van der Waals surface area contributed by atoms with Crippen LogP contribution in [0, 0.1) is 0 Å². The van der Waals surface area contributed by atoms with E-state index in [1.165, 1.54) is 6.07 Å². The van der Waals surface area contributed by atoms with Crippen LogP contribution >= 0.6 is 0 Å². The minimum Gasteiger partial charge on any atom is -0.494 e. The molecule has 4 rings (SSSR count). The smallest absolute Gasteiger partial charge is 0.331 e. The van der Waals surface area contributed by atoms with E-state index in [2.05, 4.69) is 5.32 Å². The number of nitrogens with zero attached hydrogens (tertiary/aromatic N) is 2. The van der Waals surface area contributed by atoms with E-state index in [1.807, 2.05) is 43.0 Å². The average molecular weight is 468 g/mol. The van der Waals surface area contributed by atoms with Crippen molar-refractivity contribution in [1.82, 2.24) is 4.90 Å². The van der Waals surface area contributed by atoms with Gasteiger partial charge in [-0.15, -0.1) is 0 Å². The molecule has 0 amide bonds. The fourth-order valence-corrected chi connectivity index (χ4v) is 4.35. The lowest BCUT2D eigenvalue weighted by Gasteiger charge is -2.31. The Bertz CT molecular complexity index is 1180. The first kappa shape index (κ1) is 23.5. The molecule has 178 valence electrons. The fraction of sp³-hybridized carbons (Fsp3) is 0.308. The molecule has 0 spiro atoms. The SMILES string of the molecule is CCOc1ccc(NC2=NC3(C)CC(C(=O)O)=CC=C3N2Cc2ccccc2C(C)(F)F)cc1. The number of rotatable bonds is 7. The Balaban J connectivity index is 1.71. The summed E-state index contributed by atoms with van der Waals surface area (Å²) in [6, 6.07) is 13.8. The van der Waals surface area contributed by atoms with Gasteiger partial charge in [-0.25, -0.2) is 18.6 Å². The summed E-state index contributed by atoms with van der Waals surface area (Å²) in [5, 5.41) is 12.8. The molecule has 0 saturated heterocycles. The number of alkyl halides is 2. The van der Waals surface area contributed by atoms with E-state index in [0.717, 1.165) is 24.1 Å². The van der Waals surface area contributed by atoms with Gasteiger partial charge in [0.1, 0.15) is 11.3 Å². The van der Waals surface area contributed by atoms with Crippen molar-refractivity contribution in [2.75, 3.05) is 11.9 Å². The summed E-state index contributed by atoms with van der Waals surface area (Å²) in [6.07, 6.45) is 3.48. The van der Waals surface area contributed by atoms with Gasteiger partial charge in [0.05, 0.1) is 13.2 Å². The van der Waals surface area contributed by atoms with E-state index >= 15 is 0 Å². The van der Waals surface area contributed by atoms with Crippen molar-refractivity contribution in [3.8, 4) is 5.75 Å². The van der Waals surface area contributed by atoms with Crippen LogP contribution in [0.4, 0.5) is 14.5 Å². The minimum atomic E-state index is -3.00. The molecular formula is C26H27F2N3O3. The number of aliphatic imine (C=N–C) groups is 1. The van der Waals surface area contributed by atoms with Crippen LogP contribution in [0.2, 0.25) is 0 Å². The number of ether oxygens (including phenoxy) is 1. The van der Waals surface area contributed by atoms with Crippen LogP contribution in [0.3, 0.4) is 0 Å². The van der Waals surface area contributed by atoms with Crippen LogP contribution in [-0.4, -0.2) is 34.1 Å². The number of hydrogen-bond acceptors (Lipinski definition) is 5. The molecule has 34 heavy (non-hydrogen) atoms. The van der Waals surface area contributed by atoms with Gasteiger partial charge in [0.15, 0.2) is 0 Å². The first-order valence-corrected chi connectivity index (χ1v) is 11.1. The lowest BCUT2D eigenvalue weighted by Crippen LogP contribution is -2.36. The van der Waals surface area contributed by atoms with Crippen LogP contribution in [0.25, 0.3) is 0 Å². The number of guanidine groups is 1. The minimum absolute atomic E-state index is 0.0535. The number of fused-ring (bicyclic) bond motifs is 1. The van der Waals surface area contributed by atoms with Crippen molar-refractivity contribution >= 4 is 17.6 Å². The molecule has 0 fully saturated rings. The zero-order chi connectivity index (χ0) is 24.5. The quantitative estimate of drug-likeness (QED) is 0.560. The van der Waals surface area contributed by atoms with E-state index in [1.54, 1.807) is 30.4 Å². The van der Waals surface area contributed by atoms with E-state index < -0.39 is 17.4 Å². The third-order valence-electron chi connectivity index (χ3n) is 5.94. The second-order valence-electron chi connectivity index (χ2n) is 8.65. The standard InChI is InChI=1S/C26H27F2N3O3/c1-4-34-20-12-10-19(11-13-20)29-24-30-25(2)15-17(23(32)33)9-14-22(25)31(24)16-18-7-5-6-8-21(18)26(3,27)28/h5-14H,4,15-16H2,1-3H3,(H,29,30)(H,32,33). The Morgan fingerprint density at radius 3 is 2.56 bits per heavy atom. The van der Waals surface area contributed by atoms with Crippen LogP contribution in [0.5, 0.6) is 5.75 Å². The lowest BCUT2D eigenvalue weighted by atomic mass is 9.85. The lowest BCUT2D eigenvalue weighted by molar-refractivity contribution is -0.132. The summed E-state index contributed by atoms with van der Waals surface area (Å²) in [6.45, 7) is 5.36. The molecular weight excluding hydrogens is 440 g/mol. The van der Waals surface area contributed by atoms with Gasteiger partial charge >= 0.3 is 5.97 Å². The predicted molar refractivity (Wildman–Crippen MR) is 127 cm³/mol. The zero-order valence-electron chi connectivity index (χ0n) is 19.3.